The Balaban J connectivity index is 2.18. The van der Waals surface area contributed by atoms with Crippen molar-refractivity contribution in [3.63, 3.8) is 0 Å². The van der Waals surface area contributed by atoms with Gasteiger partial charge in [-0.2, -0.15) is 0 Å². The second-order valence-corrected chi connectivity index (χ2v) is 5.82. The number of rotatable bonds is 4. The van der Waals surface area contributed by atoms with Gasteiger partial charge in [-0.25, -0.2) is 8.78 Å². The van der Waals surface area contributed by atoms with Gasteiger partial charge < -0.3 is 5.32 Å². The van der Waals surface area contributed by atoms with Gasteiger partial charge in [-0.1, -0.05) is 19.9 Å². The first kappa shape index (κ1) is 13.5. The van der Waals surface area contributed by atoms with Crippen LogP contribution in [0.2, 0.25) is 0 Å². The lowest BCUT2D eigenvalue weighted by atomic mass is 9.82. The first-order valence-electron chi connectivity index (χ1n) is 6.70. The minimum atomic E-state index is -0.506. The maximum atomic E-state index is 13.7. The maximum Gasteiger partial charge on any atom is 0.129 e. The van der Waals surface area contributed by atoms with Gasteiger partial charge in [0.15, 0.2) is 0 Å². The molecule has 1 aromatic rings. The van der Waals surface area contributed by atoms with Gasteiger partial charge in [0.2, 0.25) is 0 Å². The van der Waals surface area contributed by atoms with E-state index in [1.54, 1.807) is 6.07 Å². The second kappa shape index (κ2) is 5.35. The summed E-state index contributed by atoms with van der Waals surface area (Å²) in [5, 5.41) is 3.53. The van der Waals surface area contributed by atoms with Crippen LogP contribution in [-0.4, -0.2) is 12.1 Å². The lowest BCUT2D eigenvalue weighted by Crippen LogP contribution is -2.43. The van der Waals surface area contributed by atoms with E-state index < -0.39 is 11.6 Å². The zero-order valence-corrected chi connectivity index (χ0v) is 11.1. The Morgan fingerprint density at radius 2 is 2.11 bits per heavy atom. The van der Waals surface area contributed by atoms with Gasteiger partial charge in [0.05, 0.1) is 0 Å². The van der Waals surface area contributed by atoms with Crippen LogP contribution in [0, 0.1) is 17.6 Å². The van der Waals surface area contributed by atoms with Gasteiger partial charge in [0, 0.05) is 11.6 Å². The van der Waals surface area contributed by atoms with E-state index in [9.17, 15) is 8.78 Å². The van der Waals surface area contributed by atoms with Crippen LogP contribution < -0.4 is 5.32 Å². The predicted octanol–water partition coefficient (Wildman–Crippen LogP) is 3.68. The zero-order valence-electron chi connectivity index (χ0n) is 11.1. The van der Waals surface area contributed by atoms with Crippen molar-refractivity contribution in [1.29, 1.82) is 0 Å². The molecule has 1 heterocycles. The Kier molecular flexibility index (Phi) is 4.00. The van der Waals surface area contributed by atoms with E-state index in [-0.39, 0.29) is 5.54 Å². The van der Waals surface area contributed by atoms with E-state index in [0.29, 0.717) is 17.9 Å². The van der Waals surface area contributed by atoms with Crippen molar-refractivity contribution >= 4 is 0 Å². The SMILES string of the molecule is CC(C)CC1(Cc2ccc(F)cc2F)CCCN1. The Hall–Kier alpha value is -0.960. The largest absolute Gasteiger partial charge is 0.311 e. The Morgan fingerprint density at radius 1 is 1.33 bits per heavy atom. The molecule has 1 unspecified atom stereocenters. The van der Waals surface area contributed by atoms with Gasteiger partial charge in [0.25, 0.3) is 0 Å². The highest BCUT2D eigenvalue weighted by molar-refractivity contribution is 5.22. The van der Waals surface area contributed by atoms with Crippen LogP contribution in [0.3, 0.4) is 0 Å². The Labute approximate surface area is 108 Å². The standard InChI is InChI=1S/C15H21F2N/c1-11(2)9-15(6-3-7-18-15)10-12-4-5-13(16)8-14(12)17/h4-5,8,11,18H,3,6-7,9-10H2,1-2H3. The van der Waals surface area contributed by atoms with Crippen molar-refractivity contribution in [1.82, 2.24) is 5.32 Å². The number of halogens is 2. The molecular weight excluding hydrogens is 232 g/mol. The van der Waals surface area contributed by atoms with Crippen LogP contribution in [0.25, 0.3) is 0 Å². The van der Waals surface area contributed by atoms with Gasteiger partial charge in [-0.05, 0) is 49.8 Å². The van der Waals surface area contributed by atoms with Crippen molar-refractivity contribution in [2.45, 2.75) is 45.1 Å². The van der Waals surface area contributed by atoms with E-state index >= 15 is 0 Å². The third-order valence-corrected chi connectivity index (χ3v) is 3.68. The van der Waals surface area contributed by atoms with Crippen molar-refractivity contribution in [2.75, 3.05) is 6.54 Å². The predicted molar refractivity (Wildman–Crippen MR) is 69.5 cm³/mol. The minimum Gasteiger partial charge on any atom is -0.311 e. The third-order valence-electron chi connectivity index (χ3n) is 3.68. The molecule has 0 bridgehead atoms. The van der Waals surface area contributed by atoms with E-state index in [4.69, 9.17) is 0 Å². The van der Waals surface area contributed by atoms with Crippen molar-refractivity contribution in [3.8, 4) is 0 Å². The molecule has 0 saturated carbocycles. The van der Waals surface area contributed by atoms with Crippen LogP contribution in [0.15, 0.2) is 18.2 Å². The summed E-state index contributed by atoms with van der Waals surface area (Å²) in [6.45, 7) is 5.36. The fraction of sp³-hybridized carbons (Fsp3) is 0.600. The molecular formula is C15H21F2N. The van der Waals surface area contributed by atoms with E-state index in [1.165, 1.54) is 6.07 Å². The van der Waals surface area contributed by atoms with Gasteiger partial charge in [0.1, 0.15) is 11.6 Å². The molecule has 1 N–H and O–H groups in total. The lowest BCUT2D eigenvalue weighted by molar-refractivity contribution is 0.298. The number of nitrogens with one attached hydrogen (secondary N) is 1. The number of hydrogen-bond donors (Lipinski definition) is 1. The highest BCUT2D eigenvalue weighted by Gasteiger charge is 2.34. The smallest absolute Gasteiger partial charge is 0.129 e. The maximum absolute atomic E-state index is 13.7. The molecule has 1 aliphatic heterocycles. The van der Waals surface area contributed by atoms with E-state index in [1.807, 2.05) is 0 Å². The minimum absolute atomic E-state index is 0.00711. The molecule has 0 spiro atoms. The van der Waals surface area contributed by atoms with Gasteiger partial charge >= 0.3 is 0 Å². The molecule has 0 aromatic heterocycles. The molecule has 1 aromatic carbocycles. The summed E-state index contributed by atoms with van der Waals surface area (Å²) in [4.78, 5) is 0. The summed E-state index contributed by atoms with van der Waals surface area (Å²) >= 11 is 0. The fourth-order valence-electron chi connectivity index (χ4n) is 3.08. The van der Waals surface area contributed by atoms with Crippen LogP contribution >= 0.6 is 0 Å². The van der Waals surface area contributed by atoms with Crippen LogP contribution in [0.4, 0.5) is 8.78 Å². The Bertz CT molecular complexity index is 409. The first-order valence-corrected chi connectivity index (χ1v) is 6.70. The average Bonchev–Trinajstić information content (AvgIpc) is 2.70. The normalized spacial score (nSPS) is 23.8. The molecule has 1 fully saturated rings. The monoisotopic (exact) mass is 253 g/mol. The van der Waals surface area contributed by atoms with Crippen LogP contribution in [-0.2, 0) is 6.42 Å². The summed E-state index contributed by atoms with van der Waals surface area (Å²) in [6.07, 6.45) is 3.89. The Morgan fingerprint density at radius 3 is 2.67 bits per heavy atom. The fourth-order valence-corrected chi connectivity index (χ4v) is 3.08. The molecule has 1 saturated heterocycles. The average molecular weight is 253 g/mol. The van der Waals surface area contributed by atoms with Crippen molar-refractivity contribution in [3.05, 3.63) is 35.4 Å². The van der Waals surface area contributed by atoms with Crippen LogP contribution in [0.1, 0.15) is 38.7 Å². The van der Waals surface area contributed by atoms with Crippen molar-refractivity contribution < 1.29 is 8.78 Å². The van der Waals surface area contributed by atoms with Crippen LogP contribution in [0.5, 0.6) is 0 Å². The lowest BCUT2D eigenvalue weighted by Gasteiger charge is -2.32. The summed E-state index contributed by atoms with van der Waals surface area (Å²) in [5.74, 6) is -0.362. The number of hydrogen-bond acceptors (Lipinski definition) is 1. The molecule has 0 amide bonds. The first-order chi connectivity index (χ1) is 8.51. The quantitative estimate of drug-likeness (QED) is 0.863. The number of benzene rings is 1. The molecule has 1 nitrogen and oxygen atoms in total. The molecule has 3 heteroatoms. The third kappa shape index (κ3) is 3.08. The summed E-state index contributed by atoms with van der Waals surface area (Å²) in [5.41, 5.74) is 0.610. The molecule has 1 aliphatic rings. The van der Waals surface area contributed by atoms with E-state index in [2.05, 4.69) is 19.2 Å². The summed E-state index contributed by atoms with van der Waals surface area (Å²) < 4.78 is 26.7. The zero-order chi connectivity index (χ0) is 13.2. The molecule has 18 heavy (non-hydrogen) atoms. The second-order valence-electron chi connectivity index (χ2n) is 5.82. The topological polar surface area (TPSA) is 12.0 Å². The van der Waals surface area contributed by atoms with Gasteiger partial charge in [-0.3, -0.25) is 0 Å². The molecule has 1 atom stereocenters. The van der Waals surface area contributed by atoms with Crippen molar-refractivity contribution in [2.24, 2.45) is 5.92 Å². The summed E-state index contributed by atoms with van der Waals surface area (Å²) in [7, 11) is 0. The highest BCUT2D eigenvalue weighted by atomic mass is 19.1. The molecule has 2 rings (SSSR count). The highest BCUT2D eigenvalue weighted by Crippen LogP contribution is 2.31. The molecule has 100 valence electrons. The van der Waals surface area contributed by atoms with Gasteiger partial charge in [-0.15, -0.1) is 0 Å². The summed E-state index contributed by atoms with van der Waals surface area (Å²) in [6, 6.07) is 3.90. The van der Waals surface area contributed by atoms with E-state index in [0.717, 1.165) is 31.9 Å². The molecule has 0 radical (unpaired) electrons. The molecule has 0 aliphatic carbocycles.